The van der Waals surface area contributed by atoms with Gasteiger partial charge in [0, 0.05) is 37.9 Å². The summed E-state index contributed by atoms with van der Waals surface area (Å²) in [6.07, 6.45) is 2.01. The van der Waals surface area contributed by atoms with Crippen molar-refractivity contribution in [3.63, 3.8) is 0 Å². The van der Waals surface area contributed by atoms with Crippen LogP contribution in [0.25, 0.3) is 11.0 Å². The molecule has 202 valence electrons. The summed E-state index contributed by atoms with van der Waals surface area (Å²) in [4.78, 5) is 34.4. The smallest absolute Gasteiger partial charge is 0.319 e. The molecular weight excluding hydrogens is 482 g/mol. The molecule has 10 heteroatoms. The van der Waals surface area contributed by atoms with Crippen LogP contribution in [0.15, 0.2) is 42.5 Å². The van der Waals surface area contributed by atoms with Crippen LogP contribution in [0.3, 0.4) is 0 Å². The number of imidazole rings is 1. The van der Waals surface area contributed by atoms with Gasteiger partial charge in [0.15, 0.2) is 0 Å². The first-order valence-corrected chi connectivity index (χ1v) is 12.8. The molecule has 2 aromatic carbocycles. The minimum Gasteiger partial charge on any atom is -0.468 e. The maximum atomic E-state index is 13.8. The molecule has 2 heterocycles. The van der Waals surface area contributed by atoms with Crippen molar-refractivity contribution in [1.82, 2.24) is 19.4 Å². The van der Waals surface area contributed by atoms with Gasteiger partial charge in [-0.05, 0) is 68.8 Å². The minimum absolute atomic E-state index is 0.0365. The maximum Gasteiger partial charge on any atom is 0.319 e. The number of benzene rings is 2. The van der Waals surface area contributed by atoms with Crippen LogP contribution < -0.4 is 11.1 Å². The predicted molar refractivity (Wildman–Crippen MR) is 148 cm³/mol. The standard InChI is InChI=1S/C28H37N7O3/c1-28(18-33(2)17-25(36)38-4,27(37)35-13-5-6-14-35)20-9-12-23-22(15-20)32-24(34(23)3)16-31-21-10-7-19(8-11-21)26(29)30/h7-12,15,31H,5-6,13-14,16-18H2,1-4H3,(H3,29,30). The van der Waals surface area contributed by atoms with E-state index in [0.717, 1.165) is 54.0 Å². The number of nitrogens with two attached hydrogens (primary N) is 1. The van der Waals surface area contributed by atoms with Crippen LogP contribution in [0.4, 0.5) is 5.69 Å². The summed E-state index contributed by atoms with van der Waals surface area (Å²) in [5.41, 5.74) is 8.92. The van der Waals surface area contributed by atoms with E-state index in [1.54, 1.807) is 12.1 Å². The third-order valence-corrected chi connectivity index (χ3v) is 7.34. The third-order valence-electron chi connectivity index (χ3n) is 7.34. The molecule has 1 fully saturated rings. The number of amides is 1. The van der Waals surface area contributed by atoms with E-state index in [-0.39, 0.29) is 24.3 Å². The topological polar surface area (TPSA) is 130 Å². The SMILES string of the molecule is COC(=O)CN(C)CC(C)(C(=O)N1CCCC1)c1ccc2c(c1)nc(CNc1ccc(C(=N)N)cc1)n2C. The van der Waals surface area contributed by atoms with Crippen LogP contribution >= 0.6 is 0 Å². The zero-order chi connectivity index (χ0) is 27.4. The van der Waals surface area contributed by atoms with Crippen molar-refractivity contribution in [2.45, 2.75) is 31.7 Å². The number of rotatable bonds is 10. The highest BCUT2D eigenvalue weighted by Gasteiger charge is 2.40. The molecule has 10 nitrogen and oxygen atoms in total. The van der Waals surface area contributed by atoms with E-state index < -0.39 is 5.41 Å². The van der Waals surface area contributed by atoms with Crippen molar-refractivity contribution >= 4 is 34.4 Å². The Morgan fingerprint density at radius 2 is 1.87 bits per heavy atom. The van der Waals surface area contributed by atoms with Crippen LogP contribution in [-0.4, -0.2) is 77.4 Å². The summed E-state index contributed by atoms with van der Waals surface area (Å²) in [6, 6.07) is 13.4. The largest absolute Gasteiger partial charge is 0.468 e. The second-order valence-electron chi connectivity index (χ2n) is 10.2. The van der Waals surface area contributed by atoms with Crippen LogP contribution in [-0.2, 0) is 33.3 Å². The number of anilines is 1. The molecule has 1 aromatic heterocycles. The number of fused-ring (bicyclic) bond motifs is 1. The van der Waals surface area contributed by atoms with Gasteiger partial charge in [0.2, 0.25) is 5.91 Å². The Hall–Kier alpha value is -3.92. The number of hydrogen-bond donors (Lipinski definition) is 3. The summed E-state index contributed by atoms with van der Waals surface area (Å²) in [5.74, 6) is 0.618. The molecule has 0 saturated carbocycles. The van der Waals surface area contributed by atoms with Crippen molar-refractivity contribution < 1.29 is 14.3 Å². The average molecular weight is 520 g/mol. The number of nitrogen functional groups attached to an aromatic ring is 1. The van der Waals surface area contributed by atoms with Crippen molar-refractivity contribution in [2.75, 3.05) is 45.7 Å². The molecular formula is C28H37N7O3. The molecule has 1 unspecified atom stereocenters. The van der Waals surface area contributed by atoms with Gasteiger partial charge in [0.25, 0.3) is 0 Å². The first-order chi connectivity index (χ1) is 18.1. The maximum absolute atomic E-state index is 13.8. The number of likely N-dealkylation sites (N-methyl/N-ethyl adjacent to an activating group) is 1. The summed E-state index contributed by atoms with van der Waals surface area (Å²) >= 11 is 0. The Bertz CT molecular complexity index is 1330. The second kappa shape index (κ2) is 11.2. The number of aromatic nitrogens is 2. The summed E-state index contributed by atoms with van der Waals surface area (Å²) in [7, 11) is 5.18. The average Bonchev–Trinajstić information content (AvgIpc) is 3.55. The molecule has 3 aromatic rings. The van der Waals surface area contributed by atoms with Gasteiger partial charge in [0.05, 0.1) is 36.6 Å². The molecule has 1 aliphatic rings. The van der Waals surface area contributed by atoms with E-state index in [4.69, 9.17) is 20.9 Å². The molecule has 0 spiro atoms. The van der Waals surface area contributed by atoms with E-state index in [0.29, 0.717) is 18.7 Å². The Kier molecular flexibility index (Phi) is 8.01. The number of hydrogen-bond acceptors (Lipinski definition) is 7. The van der Waals surface area contributed by atoms with Gasteiger partial charge >= 0.3 is 5.97 Å². The highest BCUT2D eigenvalue weighted by molar-refractivity contribution is 5.95. The summed E-state index contributed by atoms with van der Waals surface area (Å²) in [5, 5.41) is 10.9. The lowest BCUT2D eigenvalue weighted by Gasteiger charge is -2.36. The number of methoxy groups -OCH3 is 1. The fourth-order valence-electron chi connectivity index (χ4n) is 5.13. The number of ether oxygens (including phenoxy) is 1. The van der Waals surface area contributed by atoms with Crippen LogP contribution in [0.1, 0.15) is 36.7 Å². The summed E-state index contributed by atoms with van der Waals surface area (Å²) < 4.78 is 6.88. The van der Waals surface area contributed by atoms with Gasteiger partial charge in [-0.15, -0.1) is 0 Å². The van der Waals surface area contributed by atoms with E-state index in [2.05, 4.69) is 5.32 Å². The zero-order valence-electron chi connectivity index (χ0n) is 22.6. The van der Waals surface area contributed by atoms with Crippen LogP contribution in [0.5, 0.6) is 0 Å². The highest BCUT2D eigenvalue weighted by atomic mass is 16.5. The number of carbonyl (C=O) groups is 2. The molecule has 4 N–H and O–H groups in total. The molecule has 0 aliphatic carbocycles. The van der Waals surface area contributed by atoms with Gasteiger partial charge in [-0.2, -0.15) is 0 Å². The number of nitrogens with one attached hydrogen (secondary N) is 2. The van der Waals surface area contributed by atoms with E-state index >= 15 is 0 Å². The molecule has 4 rings (SSSR count). The number of likely N-dealkylation sites (tertiary alicyclic amines) is 1. The fourth-order valence-corrected chi connectivity index (χ4v) is 5.13. The number of nitrogens with zero attached hydrogens (tertiary/aromatic N) is 4. The number of aryl methyl sites for hydroxylation is 1. The molecule has 38 heavy (non-hydrogen) atoms. The Morgan fingerprint density at radius 1 is 1.18 bits per heavy atom. The van der Waals surface area contributed by atoms with Crippen molar-refractivity contribution in [3.8, 4) is 0 Å². The van der Waals surface area contributed by atoms with Gasteiger partial charge in [-0.1, -0.05) is 6.07 Å². The van der Waals surface area contributed by atoms with E-state index in [9.17, 15) is 9.59 Å². The van der Waals surface area contributed by atoms with Crippen molar-refractivity contribution in [2.24, 2.45) is 12.8 Å². The minimum atomic E-state index is -0.851. The number of amidine groups is 1. The first-order valence-electron chi connectivity index (χ1n) is 12.8. The highest BCUT2D eigenvalue weighted by Crippen LogP contribution is 2.31. The lowest BCUT2D eigenvalue weighted by Crippen LogP contribution is -2.50. The number of carbonyl (C=O) groups excluding carboxylic acids is 2. The molecule has 1 saturated heterocycles. The normalized spacial score (nSPS) is 15.0. The third kappa shape index (κ3) is 5.65. The zero-order valence-corrected chi connectivity index (χ0v) is 22.6. The molecule has 0 radical (unpaired) electrons. The molecule has 1 aliphatic heterocycles. The molecule has 0 bridgehead atoms. The number of esters is 1. The molecule has 1 amide bonds. The van der Waals surface area contributed by atoms with Gasteiger partial charge in [-0.3, -0.25) is 19.9 Å². The lowest BCUT2D eigenvalue weighted by atomic mass is 9.80. The van der Waals surface area contributed by atoms with Gasteiger partial charge in [-0.25, -0.2) is 4.98 Å². The van der Waals surface area contributed by atoms with E-state index in [1.807, 2.05) is 65.7 Å². The van der Waals surface area contributed by atoms with Crippen molar-refractivity contribution in [1.29, 1.82) is 5.41 Å². The Balaban J connectivity index is 1.61. The Labute approximate surface area is 223 Å². The molecule has 1 atom stereocenters. The quantitative estimate of drug-likeness (QED) is 0.213. The first kappa shape index (κ1) is 27.1. The lowest BCUT2D eigenvalue weighted by molar-refractivity contribution is -0.143. The van der Waals surface area contributed by atoms with E-state index in [1.165, 1.54) is 7.11 Å². The van der Waals surface area contributed by atoms with Crippen LogP contribution in [0, 0.1) is 5.41 Å². The second-order valence-corrected chi connectivity index (χ2v) is 10.2. The summed E-state index contributed by atoms with van der Waals surface area (Å²) in [6.45, 7) is 4.45. The fraction of sp³-hybridized carbons (Fsp3) is 0.429. The Morgan fingerprint density at radius 3 is 2.50 bits per heavy atom. The van der Waals surface area contributed by atoms with Gasteiger partial charge < -0.3 is 25.3 Å². The van der Waals surface area contributed by atoms with Gasteiger partial charge in [0.1, 0.15) is 11.7 Å². The van der Waals surface area contributed by atoms with Crippen molar-refractivity contribution in [3.05, 3.63) is 59.4 Å². The van der Waals surface area contributed by atoms with Crippen LogP contribution in [0.2, 0.25) is 0 Å². The predicted octanol–water partition coefficient (Wildman–Crippen LogP) is 2.45. The monoisotopic (exact) mass is 519 g/mol.